The zero-order valence-corrected chi connectivity index (χ0v) is 8.82. The van der Waals surface area contributed by atoms with Crippen molar-refractivity contribution in [1.82, 2.24) is 0 Å². The lowest BCUT2D eigenvalue weighted by atomic mass is 9.72. The highest BCUT2D eigenvalue weighted by Gasteiger charge is 2.39. The fourth-order valence-corrected chi connectivity index (χ4v) is 1.57. The molecule has 80 valence electrons. The molecule has 0 aliphatic carbocycles. The molecule has 3 N–H and O–H groups in total. The van der Waals surface area contributed by atoms with Crippen molar-refractivity contribution in [3.05, 3.63) is 0 Å². The molecule has 0 spiro atoms. The minimum atomic E-state index is -0.740. The van der Waals surface area contributed by atoms with Gasteiger partial charge in [0.2, 0.25) is 0 Å². The van der Waals surface area contributed by atoms with E-state index in [0.29, 0.717) is 6.42 Å². The number of rotatable bonds is 6. The molecule has 0 saturated heterocycles. The number of hydrogen-bond donors (Lipinski definition) is 3. The Bertz CT molecular complexity index is 130. The summed E-state index contributed by atoms with van der Waals surface area (Å²) in [5.41, 5.74) is -0.740. The lowest BCUT2D eigenvalue weighted by molar-refractivity contribution is -0.0853. The lowest BCUT2D eigenvalue weighted by Gasteiger charge is -2.38. The van der Waals surface area contributed by atoms with Crippen molar-refractivity contribution in [1.29, 1.82) is 0 Å². The van der Waals surface area contributed by atoms with E-state index >= 15 is 0 Å². The van der Waals surface area contributed by atoms with Crippen molar-refractivity contribution in [3.63, 3.8) is 0 Å². The number of hydrogen-bond acceptors (Lipinski definition) is 3. The van der Waals surface area contributed by atoms with Gasteiger partial charge in [-0.2, -0.15) is 0 Å². The van der Waals surface area contributed by atoms with E-state index in [1.807, 2.05) is 20.8 Å². The first-order valence-corrected chi connectivity index (χ1v) is 4.95. The standard InChI is InChI=1S/C10H22O3/c1-4-5-9(13)10(6-11,7-12)8(2)3/h8-9,11-13H,4-7H2,1-3H3. The van der Waals surface area contributed by atoms with Gasteiger partial charge in [-0.15, -0.1) is 0 Å². The Morgan fingerprint density at radius 2 is 1.62 bits per heavy atom. The van der Waals surface area contributed by atoms with Crippen LogP contribution in [0, 0.1) is 11.3 Å². The molecule has 0 aliphatic heterocycles. The summed E-state index contributed by atoms with van der Waals surface area (Å²) in [6.07, 6.45) is 0.863. The van der Waals surface area contributed by atoms with Gasteiger partial charge < -0.3 is 15.3 Å². The second-order valence-corrected chi connectivity index (χ2v) is 4.01. The van der Waals surface area contributed by atoms with Crippen molar-refractivity contribution in [2.24, 2.45) is 11.3 Å². The third-order valence-electron chi connectivity index (χ3n) is 2.96. The molecule has 0 aliphatic rings. The molecule has 1 unspecified atom stereocenters. The van der Waals surface area contributed by atoms with Crippen LogP contribution in [0.15, 0.2) is 0 Å². The molecule has 0 aromatic rings. The van der Waals surface area contributed by atoms with Crippen LogP contribution in [0.4, 0.5) is 0 Å². The molecular weight excluding hydrogens is 168 g/mol. The molecule has 0 aromatic heterocycles. The first kappa shape index (κ1) is 12.9. The molecule has 0 amide bonds. The van der Waals surface area contributed by atoms with Crippen LogP contribution in [0.5, 0.6) is 0 Å². The Hall–Kier alpha value is -0.120. The average molecular weight is 190 g/mol. The normalized spacial score (nSPS) is 15.0. The van der Waals surface area contributed by atoms with Gasteiger partial charge >= 0.3 is 0 Å². The summed E-state index contributed by atoms with van der Waals surface area (Å²) in [7, 11) is 0. The molecule has 3 heteroatoms. The Balaban J connectivity index is 4.54. The summed E-state index contributed by atoms with van der Waals surface area (Å²) >= 11 is 0. The van der Waals surface area contributed by atoms with Gasteiger partial charge in [0.1, 0.15) is 0 Å². The molecule has 0 bridgehead atoms. The van der Waals surface area contributed by atoms with E-state index in [1.54, 1.807) is 0 Å². The van der Waals surface area contributed by atoms with Crippen molar-refractivity contribution in [2.45, 2.75) is 39.7 Å². The maximum Gasteiger partial charge on any atom is 0.0642 e. The molecule has 0 saturated carbocycles. The van der Waals surface area contributed by atoms with Crippen LogP contribution >= 0.6 is 0 Å². The minimum absolute atomic E-state index is 0.0732. The molecule has 3 nitrogen and oxygen atoms in total. The summed E-state index contributed by atoms with van der Waals surface area (Å²) in [6.45, 7) is 5.46. The average Bonchev–Trinajstić information content (AvgIpc) is 2.07. The molecule has 0 radical (unpaired) electrons. The second-order valence-electron chi connectivity index (χ2n) is 4.01. The predicted molar refractivity (Wildman–Crippen MR) is 52.4 cm³/mol. The van der Waals surface area contributed by atoms with Crippen LogP contribution < -0.4 is 0 Å². The smallest absolute Gasteiger partial charge is 0.0642 e. The van der Waals surface area contributed by atoms with Gasteiger partial charge in [0, 0.05) is 5.41 Å². The predicted octanol–water partition coefficient (Wildman–Crippen LogP) is 0.774. The Kier molecular flexibility index (Phi) is 5.53. The van der Waals surface area contributed by atoms with Crippen LogP contribution in [0.25, 0.3) is 0 Å². The zero-order valence-electron chi connectivity index (χ0n) is 8.82. The summed E-state index contributed by atoms with van der Waals surface area (Å²) in [6, 6.07) is 0. The van der Waals surface area contributed by atoms with Gasteiger partial charge in [-0.25, -0.2) is 0 Å². The molecular formula is C10H22O3. The maximum atomic E-state index is 9.81. The highest BCUT2D eigenvalue weighted by Crippen LogP contribution is 2.32. The van der Waals surface area contributed by atoms with Crippen molar-refractivity contribution in [2.75, 3.05) is 13.2 Å². The monoisotopic (exact) mass is 190 g/mol. The van der Waals surface area contributed by atoms with Crippen LogP contribution in [-0.4, -0.2) is 34.6 Å². The van der Waals surface area contributed by atoms with E-state index in [1.165, 1.54) is 0 Å². The van der Waals surface area contributed by atoms with Crippen LogP contribution in [0.1, 0.15) is 33.6 Å². The van der Waals surface area contributed by atoms with Gasteiger partial charge in [-0.3, -0.25) is 0 Å². The Morgan fingerprint density at radius 1 is 1.15 bits per heavy atom. The molecule has 1 atom stereocenters. The fourth-order valence-electron chi connectivity index (χ4n) is 1.57. The summed E-state index contributed by atoms with van der Waals surface area (Å²) < 4.78 is 0. The third-order valence-corrected chi connectivity index (χ3v) is 2.96. The highest BCUT2D eigenvalue weighted by atomic mass is 16.3. The SMILES string of the molecule is CCCC(O)C(CO)(CO)C(C)C. The van der Waals surface area contributed by atoms with E-state index in [0.717, 1.165) is 6.42 Å². The van der Waals surface area contributed by atoms with Gasteiger partial charge in [-0.1, -0.05) is 27.2 Å². The second kappa shape index (κ2) is 5.58. The Labute approximate surface area is 80.4 Å². The quantitative estimate of drug-likeness (QED) is 0.580. The van der Waals surface area contributed by atoms with Crippen molar-refractivity contribution >= 4 is 0 Å². The Morgan fingerprint density at radius 3 is 1.85 bits per heavy atom. The number of aliphatic hydroxyl groups is 3. The van der Waals surface area contributed by atoms with Crippen molar-refractivity contribution in [3.8, 4) is 0 Å². The van der Waals surface area contributed by atoms with E-state index in [2.05, 4.69) is 0 Å². The summed E-state index contributed by atoms with van der Waals surface area (Å²) in [4.78, 5) is 0. The molecule has 0 aromatic carbocycles. The van der Waals surface area contributed by atoms with Crippen LogP contribution in [-0.2, 0) is 0 Å². The zero-order chi connectivity index (χ0) is 10.5. The minimum Gasteiger partial charge on any atom is -0.396 e. The third kappa shape index (κ3) is 2.66. The van der Waals surface area contributed by atoms with Gasteiger partial charge in [0.05, 0.1) is 19.3 Å². The van der Waals surface area contributed by atoms with E-state index in [4.69, 9.17) is 0 Å². The summed E-state index contributed by atoms with van der Waals surface area (Å²) in [5.74, 6) is 0.0732. The first-order valence-electron chi connectivity index (χ1n) is 4.95. The number of aliphatic hydroxyl groups excluding tert-OH is 3. The van der Waals surface area contributed by atoms with E-state index in [9.17, 15) is 15.3 Å². The molecule has 13 heavy (non-hydrogen) atoms. The van der Waals surface area contributed by atoms with Crippen LogP contribution in [0.3, 0.4) is 0 Å². The van der Waals surface area contributed by atoms with E-state index < -0.39 is 11.5 Å². The molecule has 0 rings (SSSR count). The first-order chi connectivity index (χ1) is 6.05. The molecule has 0 heterocycles. The largest absolute Gasteiger partial charge is 0.396 e. The highest BCUT2D eigenvalue weighted by molar-refractivity contribution is 4.88. The maximum absolute atomic E-state index is 9.81. The fraction of sp³-hybridized carbons (Fsp3) is 1.00. The summed E-state index contributed by atoms with van der Waals surface area (Å²) in [5, 5.41) is 28.3. The molecule has 0 fully saturated rings. The van der Waals surface area contributed by atoms with Gasteiger partial charge in [0.25, 0.3) is 0 Å². The van der Waals surface area contributed by atoms with Crippen molar-refractivity contribution < 1.29 is 15.3 Å². The van der Waals surface area contributed by atoms with Gasteiger partial charge in [-0.05, 0) is 12.3 Å². The lowest BCUT2D eigenvalue weighted by Crippen LogP contribution is -2.46. The van der Waals surface area contributed by atoms with E-state index in [-0.39, 0.29) is 19.1 Å². The van der Waals surface area contributed by atoms with Crippen LogP contribution in [0.2, 0.25) is 0 Å². The van der Waals surface area contributed by atoms with Gasteiger partial charge in [0.15, 0.2) is 0 Å². The topological polar surface area (TPSA) is 60.7 Å².